The molecule has 0 saturated heterocycles. The summed E-state index contributed by atoms with van der Waals surface area (Å²) < 4.78 is 25.5. The number of fused-ring (bicyclic) bond motifs is 1. The number of rotatable bonds is 3. The molecule has 2 aromatic carbocycles. The van der Waals surface area contributed by atoms with Gasteiger partial charge in [0.2, 0.25) is 9.84 Å². The molecule has 0 radical (unpaired) electrons. The van der Waals surface area contributed by atoms with E-state index in [0.29, 0.717) is 16.3 Å². The smallest absolute Gasteiger partial charge is 0.206 e. The molecule has 0 aliphatic heterocycles. The molecule has 3 nitrogen and oxygen atoms in total. The van der Waals surface area contributed by atoms with Crippen molar-refractivity contribution in [2.75, 3.05) is 6.54 Å². The van der Waals surface area contributed by atoms with Crippen LogP contribution in [0.4, 0.5) is 0 Å². The predicted molar refractivity (Wildman–Crippen MR) is 88.4 cm³/mol. The average Bonchev–Trinajstić information content (AvgIpc) is 2.54. The van der Waals surface area contributed by atoms with Crippen LogP contribution in [0.1, 0.15) is 23.1 Å². The minimum absolute atomic E-state index is 0.337. The van der Waals surface area contributed by atoms with Crippen LogP contribution in [0.5, 0.6) is 0 Å². The molecule has 114 valence electrons. The van der Waals surface area contributed by atoms with Crippen molar-refractivity contribution in [2.24, 2.45) is 5.73 Å². The van der Waals surface area contributed by atoms with E-state index < -0.39 is 9.84 Å². The van der Waals surface area contributed by atoms with Crippen LogP contribution >= 0.6 is 0 Å². The summed E-state index contributed by atoms with van der Waals surface area (Å²) in [7, 11) is -3.46. The number of benzene rings is 2. The predicted octanol–water partition coefficient (Wildman–Crippen LogP) is 3.12. The Kier molecular flexibility index (Phi) is 3.89. The zero-order valence-electron chi connectivity index (χ0n) is 12.5. The minimum Gasteiger partial charge on any atom is -0.326 e. The third-order valence-electron chi connectivity index (χ3n) is 4.09. The van der Waals surface area contributed by atoms with E-state index in [4.69, 9.17) is 5.73 Å². The molecule has 0 spiro atoms. The zero-order valence-corrected chi connectivity index (χ0v) is 13.4. The monoisotopic (exact) mass is 313 g/mol. The van der Waals surface area contributed by atoms with E-state index in [2.05, 4.69) is 6.08 Å². The van der Waals surface area contributed by atoms with Crippen molar-refractivity contribution in [3.8, 4) is 0 Å². The highest BCUT2D eigenvalue weighted by Gasteiger charge is 2.20. The molecule has 2 N–H and O–H groups in total. The van der Waals surface area contributed by atoms with Gasteiger partial charge in [0.25, 0.3) is 0 Å². The number of hydrogen-bond acceptors (Lipinski definition) is 3. The fraction of sp³-hybridized carbons (Fsp3) is 0.222. The molecular formula is C18H19NO2S. The van der Waals surface area contributed by atoms with Crippen LogP contribution in [0.25, 0.3) is 5.57 Å². The highest BCUT2D eigenvalue weighted by molar-refractivity contribution is 7.91. The Labute approximate surface area is 131 Å². The molecule has 0 saturated carbocycles. The average molecular weight is 313 g/mol. The van der Waals surface area contributed by atoms with Gasteiger partial charge < -0.3 is 5.73 Å². The van der Waals surface area contributed by atoms with Gasteiger partial charge in [-0.2, -0.15) is 0 Å². The zero-order chi connectivity index (χ0) is 15.7. The summed E-state index contributed by atoms with van der Waals surface area (Å²) in [6, 6.07) is 12.3. The van der Waals surface area contributed by atoms with E-state index in [9.17, 15) is 8.42 Å². The lowest BCUT2D eigenvalue weighted by molar-refractivity contribution is 0.596. The van der Waals surface area contributed by atoms with Crippen LogP contribution in [-0.4, -0.2) is 15.0 Å². The van der Waals surface area contributed by atoms with Gasteiger partial charge in [-0.15, -0.1) is 0 Å². The largest absolute Gasteiger partial charge is 0.326 e. The van der Waals surface area contributed by atoms with Gasteiger partial charge in [-0.25, -0.2) is 8.42 Å². The van der Waals surface area contributed by atoms with Crippen molar-refractivity contribution in [3.63, 3.8) is 0 Å². The quantitative estimate of drug-likeness (QED) is 0.947. The number of sulfone groups is 1. The van der Waals surface area contributed by atoms with Crippen LogP contribution < -0.4 is 5.73 Å². The Morgan fingerprint density at radius 1 is 1.05 bits per heavy atom. The van der Waals surface area contributed by atoms with Gasteiger partial charge in [0.1, 0.15) is 0 Å². The number of hydrogen-bond donors (Lipinski definition) is 1. The molecule has 0 heterocycles. The van der Waals surface area contributed by atoms with Crippen LogP contribution in [0.2, 0.25) is 0 Å². The van der Waals surface area contributed by atoms with E-state index in [1.54, 1.807) is 24.3 Å². The topological polar surface area (TPSA) is 60.2 Å². The fourth-order valence-electron chi connectivity index (χ4n) is 2.82. The molecular weight excluding hydrogens is 294 g/mol. The maximum atomic E-state index is 12.7. The lowest BCUT2D eigenvalue weighted by Crippen LogP contribution is -2.10. The van der Waals surface area contributed by atoms with Crippen molar-refractivity contribution < 1.29 is 8.42 Å². The second-order valence-electron chi connectivity index (χ2n) is 5.61. The SMILES string of the molecule is Cc1ccc(S(=O)(=O)c2ccc3c(c2)CCC=C3CN)cc1. The second-order valence-corrected chi connectivity index (χ2v) is 7.56. The third-order valence-corrected chi connectivity index (χ3v) is 5.86. The first-order valence-electron chi connectivity index (χ1n) is 7.36. The summed E-state index contributed by atoms with van der Waals surface area (Å²) in [5.74, 6) is 0. The molecule has 22 heavy (non-hydrogen) atoms. The third kappa shape index (κ3) is 2.60. The molecule has 2 aromatic rings. The van der Waals surface area contributed by atoms with E-state index in [1.807, 2.05) is 25.1 Å². The summed E-state index contributed by atoms with van der Waals surface area (Å²) in [4.78, 5) is 0.692. The van der Waals surface area contributed by atoms with Crippen LogP contribution in [-0.2, 0) is 16.3 Å². The highest BCUT2D eigenvalue weighted by atomic mass is 32.2. The number of allylic oxidation sites excluding steroid dienone is 1. The first-order chi connectivity index (χ1) is 10.5. The van der Waals surface area contributed by atoms with E-state index in [1.165, 1.54) is 0 Å². The maximum Gasteiger partial charge on any atom is 0.206 e. The molecule has 1 aliphatic carbocycles. The molecule has 1 aliphatic rings. The van der Waals surface area contributed by atoms with E-state index in [-0.39, 0.29) is 0 Å². The molecule has 0 bridgehead atoms. The molecule has 0 unspecified atom stereocenters. The second kappa shape index (κ2) is 5.71. The summed E-state index contributed by atoms with van der Waals surface area (Å²) in [6.07, 6.45) is 3.90. The summed E-state index contributed by atoms with van der Waals surface area (Å²) >= 11 is 0. The Morgan fingerprint density at radius 3 is 2.41 bits per heavy atom. The van der Waals surface area contributed by atoms with Gasteiger partial charge in [-0.1, -0.05) is 29.8 Å². The normalized spacial score (nSPS) is 14.4. The van der Waals surface area contributed by atoms with E-state index in [0.717, 1.165) is 35.1 Å². The Hall–Kier alpha value is -1.91. The Bertz CT molecular complexity index is 834. The molecule has 3 rings (SSSR count). The van der Waals surface area contributed by atoms with Crippen LogP contribution in [0, 0.1) is 6.92 Å². The van der Waals surface area contributed by atoms with Gasteiger partial charge in [-0.3, -0.25) is 0 Å². The van der Waals surface area contributed by atoms with Gasteiger partial charge in [-0.05, 0) is 60.7 Å². The molecule has 0 atom stereocenters. The molecule has 0 fully saturated rings. The van der Waals surface area contributed by atoms with Crippen LogP contribution in [0.15, 0.2) is 58.3 Å². The summed E-state index contributed by atoms with van der Waals surface area (Å²) in [5.41, 5.74) is 10.0. The van der Waals surface area contributed by atoms with Crippen molar-refractivity contribution in [2.45, 2.75) is 29.6 Å². The first-order valence-corrected chi connectivity index (χ1v) is 8.85. The summed E-state index contributed by atoms with van der Waals surface area (Å²) in [6.45, 7) is 2.42. The van der Waals surface area contributed by atoms with Gasteiger partial charge >= 0.3 is 0 Å². The Morgan fingerprint density at radius 2 is 1.73 bits per heavy atom. The Balaban J connectivity index is 2.06. The maximum absolute atomic E-state index is 12.7. The first kappa shape index (κ1) is 15.0. The standard InChI is InChI=1S/C18H19NO2S/c1-13-5-7-16(8-6-13)22(20,21)17-9-10-18-14(11-17)3-2-4-15(18)12-19/h4-11H,2-3,12,19H2,1H3. The van der Waals surface area contributed by atoms with E-state index >= 15 is 0 Å². The summed E-state index contributed by atoms with van der Waals surface area (Å²) in [5, 5.41) is 0. The van der Waals surface area contributed by atoms with Crippen molar-refractivity contribution >= 4 is 15.4 Å². The number of nitrogens with two attached hydrogens (primary N) is 1. The van der Waals surface area contributed by atoms with Crippen molar-refractivity contribution in [1.29, 1.82) is 0 Å². The molecule has 0 aromatic heterocycles. The highest BCUT2D eigenvalue weighted by Crippen LogP contribution is 2.30. The lowest BCUT2D eigenvalue weighted by Gasteiger charge is -2.18. The van der Waals surface area contributed by atoms with Gasteiger partial charge in [0, 0.05) is 6.54 Å². The van der Waals surface area contributed by atoms with Gasteiger partial charge in [0.15, 0.2) is 0 Å². The molecule has 0 amide bonds. The molecule has 4 heteroatoms. The minimum atomic E-state index is -3.46. The van der Waals surface area contributed by atoms with Gasteiger partial charge in [0.05, 0.1) is 9.79 Å². The van der Waals surface area contributed by atoms with Crippen molar-refractivity contribution in [1.82, 2.24) is 0 Å². The van der Waals surface area contributed by atoms with Crippen molar-refractivity contribution in [3.05, 3.63) is 65.2 Å². The van der Waals surface area contributed by atoms with Crippen LogP contribution in [0.3, 0.4) is 0 Å². The fourth-order valence-corrected chi connectivity index (χ4v) is 4.13. The number of aryl methyl sites for hydroxylation is 2. The lowest BCUT2D eigenvalue weighted by atomic mass is 9.91.